The minimum atomic E-state index is -0.200. The van der Waals surface area contributed by atoms with E-state index in [1.165, 1.54) is 6.33 Å². The van der Waals surface area contributed by atoms with Crippen LogP contribution in [0, 0.1) is 0 Å². The molecule has 4 aromatic carbocycles. The molecule has 0 aliphatic rings. The van der Waals surface area contributed by atoms with Crippen molar-refractivity contribution in [2.45, 2.75) is 6.61 Å². The fraction of sp³-hybridized carbons (Fsp3) is 0.0333. The molecule has 7 heteroatoms. The first-order valence-electron chi connectivity index (χ1n) is 11.8. The highest BCUT2D eigenvalue weighted by Crippen LogP contribution is 2.30. The van der Waals surface area contributed by atoms with E-state index in [2.05, 4.69) is 20.6 Å². The van der Waals surface area contributed by atoms with Gasteiger partial charge < -0.3 is 21.1 Å². The molecule has 5 rings (SSSR count). The number of nitrogen functional groups attached to an aromatic ring is 1. The van der Waals surface area contributed by atoms with Crippen LogP contribution in [0.3, 0.4) is 0 Å². The number of hydrogen-bond donors (Lipinski definition) is 3. The lowest BCUT2D eigenvalue weighted by molar-refractivity contribution is 0.102. The van der Waals surface area contributed by atoms with E-state index in [9.17, 15) is 4.79 Å². The van der Waals surface area contributed by atoms with Gasteiger partial charge in [-0.2, -0.15) is 0 Å². The summed E-state index contributed by atoms with van der Waals surface area (Å²) < 4.78 is 6.10. The smallest absolute Gasteiger partial charge is 0.255 e. The van der Waals surface area contributed by atoms with Gasteiger partial charge in [0, 0.05) is 34.3 Å². The van der Waals surface area contributed by atoms with E-state index in [1.807, 2.05) is 84.9 Å². The molecular weight excluding hydrogens is 462 g/mol. The summed E-state index contributed by atoms with van der Waals surface area (Å²) in [4.78, 5) is 21.3. The van der Waals surface area contributed by atoms with E-state index < -0.39 is 0 Å². The normalized spacial score (nSPS) is 10.5. The molecule has 0 bridgehead atoms. The molecule has 0 fully saturated rings. The number of carbonyl (C=O) groups is 1. The van der Waals surface area contributed by atoms with Crippen LogP contribution < -0.4 is 21.1 Å². The van der Waals surface area contributed by atoms with Crippen molar-refractivity contribution in [2.24, 2.45) is 0 Å². The maximum atomic E-state index is 12.4. The number of nitrogens with zero attached hydrogens (tertiary/aromatic N) is 2. The van der Waals surface area contributed by atoms with Gasteiger partial charge in [-0.1, -0.05) is 42.5 Å². The number of rotatable bonds is 8. The predicted molar refractivity (Wildman–Crippen MR) is 147 cm³/mol. The molecule has 0 unspecified atom stereocenters. The number of anilines is 4. The van der Waals surface area contributed by atoms with Crippen LogP contribution in [0.4, 0.5) is 22.9 Å². The molecule has 1 heterocycles. The van der Waals surface area contributed by atoms with E-state index in [4.69, 9.17) is 10.5 Å². The highest BCUT2D eigenvalue weighted by molar-refractivity contribution is 6.04. The molecule has 1 aromatic heterocycles. The third kappa shape index (κ3) is 6.10. The van der Waals surface area contributed by atoms with Gasteiger partial charge >= 0.3 is 0 Å². The van der Waals surface area contributed by atoms with Gasteiger partial charge in [0.25, 0.3) is 5.91 Å². The van der Waals surface area contributed by atoms with Crippen molar-refractivity contribution in [3.63, 3.8) is 0 Å². The number of para-hydroxylation sites is 1. The van der Waals surface area contributed by atoms with Crippen molar-refractivity contribution in [3.8, 4) is 17.0 Å². The average molecular weight is 488 g/mol. The quantitative estimate of drug-likeness (QED) is 0.222. The number of ether oxygens (including phenoxy) is 1. The Balaban J connectivity index is 1.26. The second-order valence-electron chi connectivity index (χ2n) is 8.34. The lowest BCUT2D eigenvalue weighted by Gasteiger charge is -2.12. The molecule has 0 aliphatic carbocycles. The van der Waals surface area contributed by atoms with Gasteiger partial charge in [0.1, 0.15) is 24.5 Å². The van der Waals surface area contributed by atoms with Gasteiger partial charge in [-0.15, -0.1) is 0 Å². The molecule has 5 aromatic rings. The van der Waals surface area contributed by atoms with Crippen molar-refractivity contribution in [1.29, 1.82) is 0 Å². The second kappa shape index (κ2) is 11.0. The lowest BCUT2D eigenvalue weighted by Crippen LogP contribution is -2.11. The topological polar surface area (TPSA) is 102 Å². The van der Waals surface area contributed by atoms with Crippen molar-refractivity contribution in [3.05, 3.63) is 127 Å². The summed E-state index contributed by atoms with van der Waals surface area (Å²) in [6.07, 6.45) is 1.52. The zero-order valence-electron chi connectivity index (χ0n) is 20.0. The van der Waals surface area contributed by atoms with Crippen molar-refractivity contribution >= 4 is 28.8 Å². The molecule has 7 nitrogen and oxygen atoms in total. The van der Waals surface area contributed by atoms with Gasteiger partial charge in [-0.25, -0.2) is 9.97 Å². The zero-order chi connectivity index (χ0) is 25.5. The zero-order valence-corrected chi connectivity index (χ0v) is 20.0. The molecular formula is C30H25N5O2. The SMILES string of the molecule is Nc1ccc(C(=O)Nc2ccc(Nc3cc(-c4ccccc4OCc4ccccc4)ncn3)cc2)cc1. The summed E-state index contributed by atoms with van der Waals surface area (Å²) in [7, 11) is 0. The fourth-order valence-electron chi connectivity index (χ4n) is 3.73. The van der Waals surface area contributed by atoms with Crippen LogP contribution in [0.5, 0.6) is 5.75 Å². The Morgan fingerprint density at radius 1 is 0.784 bits per heavy atom. The number of nitrogens with one attached hydrogen (secondary N) is 2. The molecule has 0 saturated heterocycles. The van der Waals surface area contributed by atoms with Gasteiger partial charge in [0.2, 0.25) is 0 Å². The third-order valence-corrected chi connectivity index (χ3v) is 5.66. The van der Waals surface area contributed by atoms with Gasteiger partial charge in [0.05, 0.1) is 5.69 Å². The van der Waals surface area contributed by atoms with Gasteiger partial charge in [-0.3, -0.25) is 4.79 Å². The van der Waals surface area contributed by atoms with E-state index >= 15 is 0 Å². The van der Waals surface area contributed by atoms with Crippen LogP contribution in [-0.2, 0) is 6.61 Å². The van der Waals surface area contributed by atoms with E-state index in [0.29, 0.717) is 29.4 Å². The Morgan fingerprint density at radius 3 is 2.27 bits per heavy atom. The number of benzene rings is 4. The summed E-state index contributed by atoms with van der Waals surface area (Å²) in [5, 5.41) is 6.17. The minimum absolute atomic E-state index is 0.200. The Labute approximate surface area is 215 Å². The molecule has 0 spiro atoms. The number of nitrogens with two attached hydrogens (primary N) is 1. The van der Waals surface area contributed by atoms with E-state index in [0.717, 1.165) is 28.3 Å². The van der Waals surface area contributed by atoms with Crippen LogP contribution >= 0.6 is 0 Å². The van der Waals surface area contributed by atoms with Crippen LogP contribution in [0.15, 0.2) is 116 Å². The monoisotopic (exact) mass is 487 g/mol. The largest absolute Gasteiger partial charge is 0.488 e. The molecule has 0 atom stereocenters. The highest BCUT2D eigenvalue weighted by atomic mass is 16.5. The molecule has 1 amide bonds. The molecule has 182 valence electrons. The number of amides is 1. The van der Waals surface area contributed by atoms with Crippen molar-refractivity contribution < 1.29 is 9.53 Å². The summed E-state index contributed by atoms with van der Waals surface area (Å²) in [6, 6.07) is 33.9. The van der Waals surface area contributed by atoms with Gasteiger partial charge in [-0.05, 0) is 66.2 Å². The Morgan fingerprint density at radius 2 is 1.49 bits per heavy atom. The Kier molecular flexibility index (Phi) is 7.04. The molecule has 4 N–H and O–H groups in total. The standard InChI is InChI=1S/C30H25N5O2/c31-23-12-10-22(11-13-23)30(36)35-25-16-14-24(15-17-25)34-29-18-27(32-20-33-29)26-8-4-5-9-28(26)37-19-21-6-2-1-3-7-21/h1-18,20H,19,31H2,(H,35,36)(H,32,33,34). The summed E-state index contributed by atoms with van der Waals surface area (Å²) in [5.74, 6) is 1.19. The summed E-state index contributed by atoms with van der Waals surface area (Å²) >= 11 is 0. The minimum Gasteiger partial charge on any atom is -0.488 e. The van der Waals surface area contributed by atoms with Crippen LogP contribution in [0.25, 0.3) is 11.3 Å². The number of hydrogen-bond acceptors (Lipinski definition) is 6. The van der Waals surface area contributed by atoms with Crippen molar-refractivity contribution in [1.82, 2.24) is 9.97 Å². The molecule has 0 aliphatic heterocycles. The predicted octanol–water partition coefficient (Wildman–Crippen LogP) is 6.30. The summed E-state index contributed by atoms with van der Waals surface area (Å²) in [5.41, 5.74) is 11.1. The Bertz CT molecular complexity index is 1490. The first kappa shape index (κ1) is 23.6. The first-order valence-corrected chi connectivity index (χ1v) is 11.8. The number of carbonyl (C=O) groups excluding carboxylic acids is 1. The lowest BCUT2D eigenvalue weighted by atomic mass is 10.1. The maximum absolute atomic E-state index is 12.4. The van der Waals surface area contributed by atoms with Gasteiger partial charge in [0.15, 0.2) is 0 Å². The molecule has 0 saturated carbocycles. The first-order chi connectivity index (χ1) is 18.1. The Hall–Kier alpha value is -5.17. The van der Waals surface area contributed by atoms with Crippen LogP contribution in [0.2, 0.25) is 0 Å². The van der Waals surface area contributed by atoms with Crippen molar-refractivity contribution in [2.75, 3.05) is 16.4 Å². The van der Waals surface area contributed by atoms with E-state index in [-0.39, 0.29) is 5.91 Å². The molecule has 37 heavy (non-hydrogen) atoms. The third-order valence-electron chi connectivity index (χ3n) is 5.66. The average Bonchev–Trinajstić information content (AvgIpc) is 2.94. The molecule has 0 radical (unpaired) electrons. The maximum Gasteiger partial charge on any atom is 0.255 e. The van der Waals surface area contributed by atoms with Crippen LogP contribution in [-0.4, -0.2) is 15.9 Å². The summed E-state index contributed by atoms with van der Waals surface area (Å²) in [6.45, 7) is 0.468. The van der Waals surface area contributed by atoms with E-state index in [1.54, 1.807) is 24.3 Å². The number of aromatic nitrogens is 2. The van der Waals surface area contributed by atoms with Crippen LogP contribution in [0.1, 0.15) is 15.9 Å². The fourth-order valence-corrected chi connectivity index (χ4v) is 3.73. The highest BCUT2D eigenvalue weighted by Gasteiger charge is 2.10. The second-order valence-corrected chi connectivity index (χ2v) is 8.34.